The molecule has 1 aliphatic rings. The second-order valence-electron chi connectivity index (χ2n) is 5.36. The molecule has 0 saturated carbocycles. The zero-order valence-electron chi connectivity index (χ0n) is 11.5. The van der Waals surface area contributed by atoms with Gasteiger partial charge in [-0.1, -0.05) is 54.6 Å². The van der Waals surface area contributed by atoms with Gasteiger partial charge in [0.2, 0.25) is 0 Å². The highest BCUT2D eigenvalue weighted by molar-refractivity contribution is 5.92. The average Bonchev–Trinajstić information content (AvgIpc) is 2.54. The van der Waals surface area contributed by atoms with Crippen molar-refractivity contribution in [1.29, 1.82) is 0 Å². The summed E-state index contributed by atoms with van der Waals surface area (Å²) in [7, 11) is 0. The maximum atomic E-state index is 12.1. The Balaban J connectivity index is 1.75. The van der Waals surface area contributed by atoms with Crippen LogP contribution >= 0.6 is 0 Å². The Morgan fingerprint density at radius 1 is 0.857 bits per heavy atom. The Morgan fingerprint density at radius 2 is 1.62 bits per heavy atom. The molecule has 102 valence electrons. The van der Waals surface area contributed by atoms with Crippen LogP contribution in [0, 0.1) is 0 Å². The average molecular weight is 274 g/mol. The number of esters is 1. The summed E-state index contributed by atoms with van der Waals surface area (Å²) in [5.41, 5.74) is 2.80. The molecule has 1 unspecified atom stereocenters. The number of cyclic esters (lactones) is 1. The molecule has 0 amide bonds. The first-order chi connectivity index (χ1) is 10.3. The maximum absolute atomic E-state index is 12.1. The van der Waals surface area contributed by atoms with Gasteiger partial charge in [-0.3, -0.25) is 0 Å². The normalized spacial score (nSPS) is 17.3. The van der Waals surface area contributed by atoms with Crippen LogP contribution in [-0.2, 0) is 11.2 Å². The molecule has 0 radical (unpaired) electrons. The Bertz CT molecular complexity index is 836. The summed E-state index contributed by atoms with van der Waals surface area (Å²) in [6, 6.07) is 22.1. The number of hydrogen-bond donors (Lipinski definition) is 0. The van der Waals surface area contributed by atoms with Gasteiger partial charge < -0.3 is 4.74 Å². The van der Waals surface area contributed by atoms with E-state index in [4.69, 9.17) is 4.74 Å². The van der Waals surface area contributed by atoms with Gasteiger partial charge in [0.15, 0.2) is 0 Å². The minimum absolute atomic E-state index is 0.197. The fourth-order valence-corrected chi connectivity index (χ4v) is 2.93. The molecule has 0 aromatic heterocycles. The lowest BCUT2D eigenvalue weighted by molar-refractivity contribution is 0.0253. The standard InChI is InChI=1S/C19H14O2/c20-19-17-8-4-3-7-15(17)12-18(21-19)16-10-9-13-5-1-2-6-14(13)11-16/h1-11,18H,12H2. The minimum Gasteiger partial charge on any atom is -0.454 e. The number of ether oxygens (including phenoxy) is 1. The summed E-state index contributed by atoms with van der Waals surface area (Å²) >= 11 is 0. The van der Waals surface area contributed by atoms with E-state index in [0.29, 0.717) is 5.56 Å². The number of carbonyl (C=O) groups excluding carboxylic acids is 1. The molecule has 3 aromatic rings. The van der Waals surface area contributed by atoms with E-state index < -0.39 is 0 Å². The first kappa shape index (κ1) is 12.2. The van der Waals surface area contributed by atoms with Crippen LogP contribution in [0.15, 0.2) is 66.7 Å². The van der Waals surface area contributed by atoms with Crippen LogP contribution in [0.1, 0.15) is 27.6 Å². The highest BCUT2D eigenvalue weighted by Crippen LogP contribution is 2.31. The van der Waals surface area contributed by atoms with E-state index in [2.05, 4.69) is 24.3 Å². The third-order valence-corrected chi connectivity index (χ3v) is 4.04. The molecule has 3 aromatic carbocycles. The van der Waals surface area contributed by atoms with Crippen molar-refractivity contribution < 1.29 is 9.53 Å². The molecule has 1 heterocycles. The molecule has 0 aliphatic carbocycles. The van der Waals surface area contributed by atoms with E-state index >= 15 is 0 Å². The second kappa shape index (κ2) is 4.74. The molecule has 2 nitrogen and oxygen atoms in total. The van der Waals surface area contributed by atoms with Crippen molar-refractivity contribution in [1.82, 2.24) is 0 Å². The maximum Gasteiger partial charge on any atom is 0.339 e. The fourth-order valence-electron chi connectivity index (χ4n) is 2.93. The van der Waals surface area contributed by atoms with Crippen LogP contribution in [-0.4, -0.2) is 5.97 Å². The molecule has 1 atom stereocenters. The van der Waals surface area contributed by atoms with E-state index in [9.17, 15) is 4.79 Å². The first-order valence-corrected chi connectivity index (χ1v) is 7.09. The molecule has 21 heavy (non-hydrogen) atoms. The molecule has 0 N–H and O–H groups in total. The first-order valence-electron chi connectivity index (χ1n) is 7.09. The van der Waals surface area contributed by atoms with Crippen LogP contribution in [0.25, 0.3) is 10.8 Å². The summed E-state index contributed by atoms with van der Waals surface area (Å²) < 4.78 is 5.61. The summed E-state index contributed by atoms with van der Waals surface area (Å²) in [5.74, 6) is -0.227. The minimum atomic E-state index is -0.227. The largest absolute Gasteiger partial charge is 0.454 e. The Hall–Kier alpha value is -2.61. The van der Waals surface area contributed by atoms with Crippen molar-refractivity contribution >= 4 is 16.7 Å². The van der Waals surface area contributed by atoms with Crippen LogP contribution in [0.3, 0.4) is 0 Å². The molecule has 0 saturated heterocycles. The van der Waals surface area contributed by atoms with Gasteiger partial charge in [0.1, 0.15) is 6.10 Å². The molecular formula is C19H14O2. The molecular weight excluding hydrogens is 260 g/mol. The molecule has 0 fully saturated rings. The van der Waals surface area contributed by atoms with Crippen molar-refractivity contribution in [3.63, 3.8) is 0 Å². The molecule has 1 aliphatic heterocycles. The van der Waals surface area contributed by atoms with Gasteiger partial charge in [-0.25, -0.2) is 4.79 Å². The van der Waals surface area contributed by atoms with Gasteiger partial charge in [0.05, 0.1) is 5.56 Å². The Morgan fingerprint density at radius 3 is 2.52 bits per heavy atom. The molecule has 0 spiro atoms. The Kier molecular flexibility index (Phi) is 2.74. The van der Waals surface area contributed by atoms with Gasteiger partial charge in [0, 0.05) is 6.42 Å². The van der Waals surface area contributed by atoms with Gasteiger partial charge >= 0.3 is 5.97 Å². The van der Waals surface area contributed by atoms with Crippen molar-refractivity contribution in [3.8, 4) is 0 Å². The van der Waals surface area contributed by atoms with Crippen LogP contribution < -0.4 is 0 Å². The van der Waals surface area contributed by atoms with Gasteiger partial charge in [-0.05, 0) is 34.0 Å². The lowest BCUT2D eigenvalue weighted by Crippen LogP contribution is -2.21. The monoisotopic (exact) mass is 274 g/mol. The van der Waals surface area contributed by atoms with E-state index in [1.165, 1.54) is 10.8 Å². The zero-order valence-corrected chi connectivity index (χ0v) is 11.5. The molecule has 2 heteroatoms. The number of carbonyl (C=O) groups is 1. The van der Waals surface area contributed by atoms with Crippen LogP contribution in [0.5, 0.6) is 0 Å². The zero-order chi connectivity index (χ0) is 14.2. The predicted molar refractivity (Wildman–Crippen MR) is 82.3 cm³/mol. The van der Waals surface area contributed by atoms with E-state index in [0.717, 1.165) is 17.5 Å². The van der Waals surface area contributed by atoms with E-state index in [-0.39, 0.29) is 12.1 Å². The summed E-state index contributed by atoms with van der Waals surface area (Å²) in [4.78, 5) is 12.1. The third-order valence-electron chi connectivity index (χ3n) is 4.04. The number of benzene rings is 3. The van der Waals surface area contributed by atoms with Gasteiger partial charge in [-0.2, -0.15) is 0 Å². The molecule has 0 bridgehead atoms. The van der Waals surface area contributed by atoms with Gasteiger partial charge in [-0.15, -0.1) is 0 Å². The predicted octanol–water partition coefficient (Wildman–Crippen LogP) is 4.29. The quantitative estimate of drug-likeness (QED) is 0.619. The van der Waals surface area contributed by atoms with E-state index in [1.807, 2.05) is 42.5 Å². The van der Waals surface area contributed by atoms with Crippen molar-refractivity contribution in [2.75, 3.05) is 0 Å². The number of fused-ring (bicyclic) bond motifs is 2. The number of hydrogen-bond acceptors (Lipinski definition) is 2. The van der Waals surface area contributed by atoms with E-state index in [1.54, 1.807) is 0 Å². The van der Waals surface area contributed by atoms with Crippen LogP contribution in [0.2, 0.25) is 0 Å². The fraction of sp³-hybridized carbons (Fsp3) is 0.105. The topological polar surface area (TPSA) is 26.3 Å². The third kappa shape index (κ3) is 2.09. The smallest absolute Gasteiger partial charge is 0.339 e. The van der Waals surface area contributed by atoms with Crippen LogP contribution in [0.4, 0.5) is 0 Å². The highest BCUT2D eigenvalue weighted by atomic mass is 16.5. The highest BCUT2D eigenvalue weighted by Gasteiger charge is 2.27. The lowest BCUT2D eigenvalue weighted by Gasteiger charge is -2.25. The Labute approximate surface area is 123 Å². The summed E-state index contributed by atoms with van der Waals surface area (Å²) in [5, 5.41) is 2.37. The van der Waals surface area contributed by atoms with Crippen molar-refractivity contribution in [3.05, 3.63) is 83.4 Å². The molecule has 4 rings (SSSR count). The summed E-state index contributed by atoms with van der Waals surface area (Å²) in [6.07, 6.45) is 0.539. The van der Waals surface area contributed by atoms with Crippen molar-refractivity contribution in [2.24, 2.45) is 0 Å². The van der Waals surface area contributed by atoms with Gasteiger partial charge in [0.25, 0.3) is 0 Å². The second-order valence-corrected chi connectivity index (χ2v) is 5.36. The lowest BCUT2D eigenvalue weighted by atomic mass is 9.93. The number of rotatable bonds is 1. The summed E-state index contributed by atoms with van der Waals surface area (Å²) in [6.45, 7) is 0. The van der Waals surface area contributed by atoms with Crippen molar-refractivity contribution in [2.45, 2.75) is 12.5 Å². The SMILES string of the molecule is O=C1OC(c2ccc3ccccc3c2)Cc2ccccc21.